The van der Waals surface area contributed by atoms with Crippen LogP contribution in [0.4, 0.5) is 18.9 Å². The molecule has 0 spiro atoms. The zero-order valence-electron chi connectivity index (χ0n) is 9.11. The van der Waals surface area contributed by atoms with Crippen LogP contribution in [0.3, 0.4) is 0 Å². The van der Waals surface area contributed by atoms with Crippen molar-refractivity contribution in [3.8, 4) is 5.75 Å². The van der Waals surface area contributed by atoms with Gasteiger partial charge in [-0.25, -0.2) is 0 Å². The minimum atomic E-state index is -4.67. The maximum Gasteiger partial charge on any atom is 0.573 e. The summed E-state index contributed by atoms with van der Waals surface area (Å²) in [6, 6.07) is 8.97. The van der Waals surface area contributed by atoms with Crippen LogP contribution in [0.2, 0.25) is 0 Å². The number of aromatic nitrogens is 1. The second-order valence-electron chi connectivity index (χ2n) is 3.43. The van der Waals surface area contributed by atoms with Gasteiger partial charge in [0.05, 0.1) is 17.6 Å². The average molecular weight is 254 g/mol. The van der Waals surface area contributed by atoms with Crippen molar-refractivity contribution in [3.63, 3.8) is 0 Å². The normalized spacial score (nSPS) is 11.9. The Hall–Kier alpha value is -2.24. The molecule has 0 saturated carbocycles. The highest BCUT2D eigenvalue weighted by atomic mass is 19.4. The van der Waals surface area contributed by atoms with Gasteiger partial charge in [0, 0.05) is 6.20 Å². The number of hydrogen-bond acceptors (Lipinski definition) is 2. The second-order valence-corrected chi connectivity index (χ2v) is 3.43. The molecule has 18 heavy (non-hydrogen) atoms. The van der Waals surface area contributed by atoms with E-state index in [1.165, 1.54) is 24.3 Å². The van der Waals surface area contributed by atoms with E-state index in [0.717, 1.165) is 5.69 Å². The van der Waals surface area contributed by atoms with E-state index in [1.54, 1.807) is 12.4 Å². The van der Waals surface area contributed by atoms with Gasteiger partial charge in [-0.3, -0.25) is 4.99 Å². The second kappa shape index (κ2) is 4.95. The van der Waals surface area contributed by atoms with Crippen molar-refractivity contribution in [3.05, 3.63) is 48.3 Å². The number of aromatic amines is 1. The van der Waals surface area contributed by atoms with Crippen LogP contribution in [0.15, 0.2) is 47.6 Å². The number of benzene rings is 1. The number of hydrogen-bond donors (Lipinski definition) is 1. The number of ether oxygens (including phenoxy) is 1. The van der Waals surface area contributed by atoms with Crippen molar-refractivity contribution >= 4 is 11.9 Å². The van der Waals surface area contributed by atoms with Crippen LogP contribution in [0, 0.1) is 0 Å². The standard InChI is InChI=1S/C12H9F3N2O/c13-12(14,15)18-11-5-3-9(4-6-11)17-8-10-2-1-7-16-10/h1-8,16H. The average Bonchev–Trinajstić information content (AvgIpc) is 2.79. The van der Waals surface area contributed by atoms with Crippen molar-refractivity contribution in [2.24, 2.45) is 4.99 Å². The third-order valence-corrected chi connectivity index (χ3v) is 2.05. The summed E-state index contributed by atoms with van der Waals surface area (Å²) in [7, 11) is 0. The molecule has 0 unspecified atom stereocenters. The number of nitrogens with zero attached hydrogens (tertiary/aromatic N) is 1. The molecular formula is C12H9F3N2O. The Balaban J connectivity index is 2.04. The molecule has 0 aliphatic rings. The Morgan fingerprint density at radius 2 is 1.83 bits per heavy atom. The lowest BCUT2D eigenvalue weighted by Gasteiger charge is -2.08. The first-order valence-electron chi connectivity index (χ1n) is 5.06. The van der Waals surface area contributed by atoms with Gasteiger partial charge < -0.3 is 9.72 Å². The lowest BCUT2D eigenvalue weighted by atomic mass is 10.3. The molecule has 0 radical (unpaired) electrons. The highest BCUT2D eigenvalue weighted by Gasteiger charge is 2.30. The Kier molecular flexibility index (Phi) is 3.36. The van der Waals surface area contributed by atoms with E-state index in [9.17, 15) is 13.2 Å². The first kappa shape index (κ1) is 12.2. The van der Waals surface area contributed by atoms with Gasteiger partial charge in [0.25, 0.3) is 0 Å². The van der Waals surface area contributed by atoms with Gasteiger partial charge in [-0.2, -0.15) is 0 Å². The van der Waals surface area contributed by atoms with E-state index in [4.69, 9.17) is 0 Å². The Morgan fingerprint density at radius 1 is 1.11 bits per heavy atom. The maximum absolute atomic E-state index is 11.9. The van der Waals surface area contributed by atoms with Crippen molar-refractivity contribution in [2.75, 3.05) is 0 Å². The van der Waals surface area contributed by atoms with E-state index in [0.29, 0.717) is 5.69 Å². The summed E-state index contributed by atoms with van der Waals surface area (Å²) in [5, 5.41) is 0. The molecule has 6 heteroatoms. The smallest absolute Gasteiger partial charge is 0.406 e. The first-order valence-corrected chi connectivity index (χ1v) is 5.06. The van der Waals surface area contributed by atoms with Gasteiger partial charge in [-0.05, 0) is 36.4 Å². The maximum atomic E-state index is 11.9. The largest absolute Gasteiger partial charge is 0.573 e. The minimum absolute atomic E-state index is 0.263. The fourth-order valence-corrected chi connectivity index (χ4v) is 1.30. The molecular weight excluding hydrogens is 245 g/mol. The third-order valence-electron chi connectivity index (χ3n) is 2.05. The van der Waals surface area contributed by atoms with Crippen LogP contribution in [0.25, 0.3) is 0 Å². The zero-order valence-corrected chi connectivity index (χ0v) is 9.11. The van der Waals surface area contributed by atoms with E-state index < -0.39 is 6.36 Å². The molecule has 3 nitrogen and oxygen atoms in total. The van der Waals surface area contributed by atoms with Gasteiger partial charge in [-0.15, -0.1) is 13.2 Å². The molecule has 1 heterocycles. The summed E-state index contributed by atoms with van der Waals surface area (Å²) in [6.07, 6.45) is -1.34. The quantitative estimate of drug-likeness (QED) is 0.834. The molecule has 0 aliphatic heterocycles. The van der Waals surface area contributed by atoms with Crippen LogP contribution < -0.4 is 4.74 Å². The molecule has 2 aromatic rings. The Labute approximate surface area is 101 Å². The summed E-state index contributed by atoms with van der Waals surface area (Å²) in [4.78, 5) is 7.02. The summed E-state index contributed by atoms with van der Waals surface area (Å²) < 4.78 is 39.5. The molecule has 0 atom stereocenters. The molecule has 2 rings (SSSR count). The fourth-order valence-electron chi connectivity index (χ4n) is 1.30. The number of rotatable bonds is 3. The number of halogens is 3. The molecule has 1 aromatic heterocycles. The Bertz CT molecular complexity index is 515. The molecule has 0 aliphatic carbocycles. The molecule has 0 bridgehead atoms. The van der Waals surface area contributed by atoms with Crippen molar-refractivity contribution < 1.29 is 17.9 Å². The number of nitrogens with one attached hydrogen (secondary N) is 1. The van der Waals surface area contributed by atoms with Gasteiger partial charge in [0.15, 0.2) is 0 Å². The van der Waals surface area contributed by atoms with E-state index in [-0.39, 0.29) is 5.75 Å². The summed E-state index contributed by atoms with van der Waals surface area (Å²) >= 11 is 0. The molecule has 0 saturated heterocycles. The van der Waals surface area contributed by atoms with Crippen LogP contribution in [-0.2, 0) is 0 Å². The van der Waals surface area contributed by atoms with Gasteiger partial charge in [-0.1, -0.05) is 0 Å². The van der Waals surface area contributed by atoms with E-state index >= 15 is 0 Å². The van der Waals surface area contributed by atoms with E-state index in [1.807, 2.05) is 12.1 Å². The predicted molar refractivity (Wildman–Crippen MR) is 61.2 cm³/mol. The van der Waals surface area contributed by atoms with Gasteiger partial charge >= 0.3 is 6.36 Å². The van der Waals surface area contributed by atoms with Crippen LogP contribution in [0.5, 0.6) is 5.75 Å². The summed E-state index contributed by atoms with van der Waals surface area (Å²) in [5.74, 6) is -0.263. The molecule has 1 N–H and O–H groups in total. The zero-order chi connectivity index (χ0) is 13.0. The van der Waals surface area contributed by atoms with Crippen molar-refractivity contribution in [1.82, 2.24) is 4.98 Å². The lowest BCUT2D eigenvalue weighted by Crippen LogP contribution is -2.16. The first-order chi connectivity index (χ1) is 8.53. The molecule has 0 amide bonds. The molecule has 0 fully saturated rings. The van der Waals surface area contributed by atoms with E-state index in [2.05, 4.69) is 14.7 Å². The van der Waals surface area contributed by atoms with Crippen LogP contribution >= 0.6 is 0 Å². The monoisotopic (exact) mass is 254 g/mol. The Morgan fingerprint density at radius 3 is 2.39 bits per heavy atom. The number of aliphatic imine (C=N–C) groups is 1. The van der Waals surface area contributed by atoms with Crippen molar-refractivity contribution in [1.29, 1.82) is 0 Å². The molecule has 94 valence electrons. The number of H-pyrrole nitrogens is 1. The summed E-state index contributed by atoms with van der Waals surface area (Å²) in [5.41, 5.74) is 1.35. The third kappa shape index (κ3) is 3.65. The fraction of sp³-hybridized carbons (Fsp3) is 0.0833. The SMILES string of the molecule is FC(F)(F)Oc1ccc(N=Cc2ccc[nH]2)cc1. The van der Waals surface area contributed by atoms with Crippen molar-refractivity contribution in [2.45, 2.75) is 6.36 Å². The van der Waals surface area contributed by atoms with Crippen LogP contribution in [-0.4, -0.2) is 17.6 Å². The molecule has 1 aromatic carbocycles. The summed E-state index contributed by atoms with van der Waals surface area (Å²) in [6.45, 7) is 0. The van der Waals surface area contributed by atoms with Crippen LogP contribution in [0.1, 0.15) is 5.69 Å². The topological polar surface area (TPSA) is 37.4 Å². The highest BCUT2D eigenvalue weighted by Crippen LogP contribution is 2.24. The lowest BCUT2D eigenvalue weighted by molar-refractivity contribution is -0.274. The highest BCUT2D eigenvalue weighted by molar-refractivity contribution is 5.79. The minimum Gasteiger partial charge on any atom is -0.406 e. The number of alkyl halides is 3. The predicted octanol–water partition coefficient (Wildman–Crippen LogP) is 3.66. The van der Waals surface area contributed by atoms with Gasteiger partial charge in [0.2, 0.25) is 0 Å². The van der Waals surface area contributed by atoms with Gasteiger partial charge in [0.1, 0.15) is 5.75 Å².